The first-order chi connectivity index (χ1) is 14.1. The lowest BCUT2D eigenvalue weighted by molar-refractivity contribution is 0.140. The maximum absolute atomic E-state index is 13.7. The summed E-state index contributed by atoms with van der Waals surface area (Å²) in [5, 5.41) is 0.340. The molecule has 1 aromatic carbocycles. The van der Waals surface area contributed by atoms with E-state index in [2.05, 4.69) is 19.9 Å². The molecule has 4 rings (SSSR count). The Morgan fingerprint density at radius 2 is 2.10 bits per heavy atom. The molecule has 1 aliphatic rings. The van der Waals surface area contributed by atoms with Crippen molar-refractivity contribution < 1.29 is 18.3 Å². The Kier molecular flexibility index (Phi) is 6.22. The number of rotatable bonds is 6. The Labute approximate surface area is 172 Å². The van der Waals surface area contributed by atoms with Crippen molar-refractivity contribution >= 4 is 22.8 Å². The molecule has 0 atom stereocenters. The predicted octanol–water partition coefficient (Wildman–Crippen LogP) is 4.09. The Balaban J connectivity index is 1.71. The van der Waals surface area contributed by atoms with Gasteiger partial charge < -0.3 is 13.9 Å². The molecule has 154 valence electrons. The maximum Gasteiger partial charge on any atom is 0.254 e. The zero-order valence-corrected chi connectivity index (χ0v) is 16.9. The molecule has 0 aliphatic carbocycles. The van der Waals surface area contributed by atoms with Gasteiger partial charge in [-0.15, -0.1) is 0 Å². The van der Waals surface area contributed by atoms with E-state index < -0.39 is 5.82 Å². The van der Waals surface area contributed by atoms with E-state index in [4.69, 9.17) is 25.5 Å². The van der Waals surface area contributed by atoms with Gasteiger partial charge in [0.1, 0.15) is 5.82 Å². The van der Waals surface area contributed by atoms with Crippen LogP contribution in [0.15, 0.2) is 22.6 Å². The van der Waals surface area contributed by atoms with Crippen LogP contribution in [0.5, 0.6) is 5.88 Å². The minimum atomic E-state index is -0.427. The van der Waals surface area contributed by atoms with Crippen molar-refractivity contribution in [1.82, 2.24) is 19.9 Å². The van der Waals surface area contributed by atoms with Crippen molar-refractivity contribution in [3.8, 4) is 17.3 Å². The average Bonchev–Trinajstić information content (AvgIpc) is 2.97. The molecule has 3 aromatic rings. The monoisotopic (exact) mass is 420 g/mol. The highest BCUT2D eigenvalue weighted by atomic mass is 35.5. The summed E-state index contributed by atoms with van der Waals surface area (Å²) in [4.78, 5) is 15.8. The van der Waals surface area contributed by atoms with Gasteiger partial charge in [-0.3, -0.25) is 4.90 Å². The van der Waals surface area contributed by atoms with E-state index in [-0.39, 0.29) is 5.89 Å². The molecule has 1 saturated heterocycles. The van der Waals surface area contributed by atoms with Crippen molar-refractivity contribution in [2.45, 2.75) is 26.3 Å². The number of halogens is 2. The van der Waals surface area contributed by atoms with Crippen LogP contribution < -0.4 is 4.74 Å². The Morgan fingerprint density at radius 3 is 2.97 bits per heavy atom. The number of hydrogen-bond donors (Lipinski definition) is 0. The van der Waals surface area contributed by atoms with Gasteiger partial charge in [-0.25, -0.2) is 9.37 Å². The Bertz CT molecular complexity index is 989. The molecule has 0 N–H and O–H groups in total. The van der Waals surface area contributed by atoms with E-state index in [1.165, 1.54) is 18.2 Å². The Morgan fingerprint density at radius 1 is 1.21 bits per heavy atom. The number of aromatic nitrogens is 3. The molecule has 7 nitrogen and oxygen atoms in total. The number of benzene rings is 1. The summed E-state index contributed by atoms with van der Waals surface area (Å²) in [5.74, 6) is 0.698. The summed E-state index contributed by atoms with van der Waals surface area (Å²) in [7, 11) is 0. The van der Waals surface area contributed by atoms with Gasteiger partial charge in [0, 0.05) is 19.7 Å². The van der Waals surface area contributed by atoms with E-state index in [1.54, 1.807) is 0 Å². The summed E-state index contributed by atoms with van der Waals surface area (Å²) < 4.78 is 30.8. The van der Waals surface area contributed by atoms with Crippen LogP contribution in [0.2, 0.25) is 5.02 Å². The zero-order chi connectivity index (χ0) is 20.2. The molecule has 0 unspecified atom stereocenters. The summed E-state index contributed by atoms with van der Waals surface area (Å²) >= 11 is 6.20. The van der Waals surface area contributed by atoms with Gasteiger partial charge in [-0.2, -0.15) is 9.97 Å². The second-order valence-electron chi connectivity index (χ2n) is 6.83. The first-order valence-electron chi connectivity index (χ1n) is 9.70. The number of fused-ring (bicyclic) bond motifs is 1. The standard InChI is InChI=1S/C20H22ClFN4O3/c1-2-8-28-19-17-20(24-16(23-19)12-26-6-3-9-27-10-7-26)29-18(25-17)14-11-13(22)4-5-15(14)21/h4-5,11H,2-3,6-10,12H2,1H3. The highest BCUT2D eigenvalue weighted by Crippen LogP contribution is 2.32. The molecule has 29 heavy (non-hydrogen) atoms. The number of oxazole rings is 1. The first kappa shape index (κ1) is 20.0. The third kappa shape index (κ3) is 4.66. The van der Waals surface area contributed by atoms with E-state index >= 15 is 0 Å². The van der Waals surface area contributed by atoms with Crippen molar-refractivity contribution in [2.24, 2.45) is 0 Å². The topological polar surface area (TPSA) is 73.5 Å². The zero-order valence-electron chi connectivity index (χ0n) is 16.2. The molecule has 0 bridgehead atoms. The lowest BCUT2D eigenvalue weighted by Crippen LogP contribution is -2.27. The molecular weight excluding hydrogens is 399 g/mol. The highest BCUT2D eigenvalue weighted by molar-refractivity contribution is 6.33. The fourth-order valence-electron chi connectivity index (χ4n) is 3.14. The van der Waals surface area contributed by atoms with Gasteiger partial charge in [-0.1, -0.05) is 18.5 Å². The predicted molar refractivity (Wildman–Crippen MR) is 107 cm³/mol. The average molecular weight is 421 g/mol. The third-order valence-electron chi connectivity index (χ3n) is 4.55. The lowest BCUT2D eigenvalue weighted by Gasteiger charge is -2.17. The van der Waals surface area contributed by atoms with Gasteiger partial charge in [-0.05, 0) is 31.0 Å². The quantitative estimate of drug-likeness (QED) is 0.594. The van der Waals surface area contributed by atoms with Crippen LogP contribution in [0.25, 0.3) is 22.7 Å². The molecule has 0 spiro atoms. The second kappa shape index (κ2) is 9.02. The van der Waals surface area contributed by atoms with Gasteiger partial charge in [0.25, 0.3) is 5.71 Å². The van der Waals surface area contributed by atoms with Crippen LogP contribution in [0, 0.1) is 5.82 Å². The van der Waals surface area contributed by atoms with Gasteiger partial charge in [0.2, 0.25) is 11.8 Å². The highest BCUT2D eigenvalue weighted by Gasteiger charge is 2.20. The van der Waals surface area contributed by atoms with Crippen molar-refractivity contribution in [3.05, 3.63) is 34.9 Å². The molecular formula is C20H22ClFN4O3. The number of nitrogens with zero attached hydrogens (tertiary/aromatic N) is 4. The summed E-state index contributed by atoms with van der Waals surface area (Å²) in [6, 6.07) is 4.03. The smallest absolute Gasteiger partial charge is 0.254 e. The van der Waals surface area contributed by atoms with E-state index in [0.29, 0.717) is 53.3 Å². The molecule has 2 aromatic heterocycles. The molecule has 1 fully saturated rings. The van der Waals surface area contributed by atoms with E-state index in [0.717, 1.165) is 32.5 Å². The minimum Gasteiger partial charge on any atom is -0.476 e. The molecule has 1 aliphatic heterocycles. The normalized spacial score (nSPS) is 15.6. The molecule has 0 amide bonds. The fourth-order valence-corrected chi connectivity index (χ4v) is 3.34. The summed E-state index contributed by atoms with van der Waals surface area (Å²) in [6.45, 7) is 6.23. The largest absolute Gasteiger partial charge is 0.476 e. The van der Waals surface area contributed by atoms with Gasteiger partial charge >= 0.3 is 0 Å². The number of hydrogen-bond acceptors (Lipinski definition) is 7. The van der Waals surface area contributed by atoms with E-state index in [9.17, 15) is 4.39 Å². The first-order valence-corrected chi connectivity index (χ1v) is 10.1. The maximum atomic E-state index is 13.7. The van der Waals surface area contributed by atoms with Crippen LogP contribution in [-0.2, 0) is 11.3 Å². The van der Waals surface area contributed by atoms with Crippen LogP contribution in [0.1, 0.15) is 25.6 Å². The minimum absolute atomic E-state index is 0.181. The Hall–Kier alpha value is -2.29. The van der Waals surface area contributed by atoms with E-state index in [1.807, 2.05) is 6.92 Å². The summed E-state index contributed by atoms with van der Waals surface area (Å²) in [5.41, 5.74) is 1.05. The van der Waals surface area contributed by atoms with Crippen LogP contribution in [-0.4, -0.2) is 52.8 Å². The van der Waals surface area contributed by atoms with Crippen molar-refractivity contribution in [2.75, 3.05) is 32.9 Å². The van der Waals surface area contributed by atoms with Crippen molar-refractivity contribution in [1.29, 1.82) is 0 Å². The number of ether oxygens (including phenoxy) is 2. The SMILES string of the molecule is CCCOc1nc(CN2CCCOCC2)nc2oc(-c3cc(F)ccc3Cl)nc12. The van der Waals surface area contributed by atoms with Crippen LogP contribution >= 0.6 is 11.6 Å². The summed E-state index contributed by atoms with van der Waals surface area (Å²) in [6.07, 6.45) is 1.79. The molecule has 0 radical (unpaired) electrons. The van der Waals surface area contributed by atoms with Crippen molar-refractivity contribution in [3.63, 3.8) is 0 Å². The molecule has 0 saturated carbocycles. The second-order valence-corrected chi connectivity index (χ2v) is 7.24. The van der Waals surface area contributed by atoms with Crippen LogP contribution in [0.3, 0.4) is 0 Å². The van der Waals surface area contributed by atoms with Gasteiger partial charge in [0.05, 0.1) is 30.3 Å². The van der Waals surface area contributed by atoms with Gasteiger partial charge in [0.15, 0.2) is 11.3 Å². The lowest BCUT2D eigenvalue weighted by atomic mass is 10.2. The molecule has 3 heterocycles. The van der Waals surface area contributed by atoms with Crippen LogP contribution in [0.4, 0.5) is 4.39 Å². The third-order valence-corrected chi connectivity index (χ3v) is 4.88. The fraction of sp³-hybridized carbons (Fsp3) is 0.450. The molecule has 9 heteroatoms.